The molecule has 0 bridgehead atoms. The minimum Gasteiger partial charge on any atom is -0.506 e. The number of nitrogens with one attached hydrogen (secondary N) is 1. The molecule has 3 aromatic rings. The summed E-state index contributed by atoms with van der Waals surface area (Å²) in [5.41, 5.74) is 8.03. The Hall–Kier alpha value is -3.31. The highest BCUT2D eigenvalue weighted by Crippen LogP contribution is 2.26. The first-order valence-corrected chi connectivity index (χ1v) is 10.8. The normalized spacial score (nSPS) is 11.2. The maximum absolute atomic E-state index is 12.2. The number of hydrogen-bond acceptors (Lipinski definition) is 4. The molecule has 166 valence electrons. The summed E-state index contributed by atoms with van der Waals surface area (Å²) < 4.78 is 6.08. The molecule has 0 aliphatic carbocycles. The number of hydrogen-bond donors (Lipinski definition) is 2. The fraction of sp³-hybridized carbons (Fsp3) is 0.231. The Bertz CT molecular complexity index is 1120. The minimum atomic E-state index is -0.417. The Kier molecular flexibility index (Phi) is 7.54. The number of phenols is 1. The van der Waals surface area contributed by atoms with Crippen molar-refractivity contribution in [2.45, 2.75) is 40.2 Å². The van der Waals surface area contributed by atoms with E-state index in [0.29, 0.717) is 18.1 Å². The number of ether oxygens (including phenoxy) is 1. The average Bonchev–Trinajstić information content (AvgIpc) is 2.75. The molecule has 3 rings (SSSR count). The lowest BCUT2D eigenvalue weighted by Crippen LogP contribution is -2.17. The van der Waals surface area contributed by atoms with E-state index in [4.69, 9.17) is 16.3 Å². The Morgan fingerprint density at radius 1 is 1.09 bits per heavy atom. The number of benzene rings is 3. The van der Waals surface area contributed by atoms with Gasteiger partial charge in [0.25, 0.3) is 5.91 Å². The minimum absolute atomic E-state index is 0.0763. The summed E-state index contributed by atoms with van der Waals surface area (Å²) in [5, 5.41) is 13.6. The van der Waals surface area contributed by atoms with Crippen LogP contribution in [0.25, 0.3) is 0 Å². The molecule has 0 atom stereocenters. The molecule has 0 radical (unpaired) electrons. The Morgan fingerprint density at radius 2 is 1.75 bits per heavy atom. The first-order valence-electron chi connectivity index (χ1n) is 10.4. The molecule has 0 aromatic heterocycles. The van der Waals surface area contributed by atoms with E-state index in [1.54, 1.807) is 6.21 Å². The van der Waals surface area contributed by atoms with E-state index >= 15 is 0 Å². The molecule has 0 saturated heterocycles. The molecule has 0 unspecified atom stereocenters. The predicted molar refractivity (Wildman–Crippen MR) is 129 cm³/mol. The van der Waals surface area contributed by atoms with Crippen LogP contribution < -0.4 is 10.2 Å². The predicted octanol–water partition coefficient (Wildman–Crippen LogP) is 6.13. The van der Waals surface area contributed by atoms with Crippen LogP contribution in [0.15, 0.2) is 59.7 Å². The molecule has 32 heavy (non-hydrogen) atoms. The second-order valence-electron chi connectivity index (χ2n) is 8.03. The molecular formula is C26H27ClN2O3. The third-order valence-electron chi connectivity index (χ3n) is 5.10. The molecule has 0 saturated carbocycles. The highest BCUT2D eigenvalue weighted by atomic mass is 35.5. The van der Waals surface area contributed by atoms with E-state index in [9.17, 15) is 9.90 Å². The lowest BCUT2D eigenvalue weighted by atomic mass is 10.0. The molecule has 1 amide bonds. The van der Waals surface area contributed by atoms with Crippen LogP contribution in [0.4, 0.5) is 0 Å². The lowest BCUT2D eigenvalue weighted by molar-refractivity contribution is 0.0955. The van der Waals surface area contributed by atoms with E-state index in [-0.39, 0.29) is 10.8 Å². The highest BCUT2D eigenvalue weighted by molar-refractivity contribution is 6.32. The maximum Gasteiger partial charge on any atom is 0.271 e. The van der Waals surface area contributed by atoms with Gasteiger partial charge >= 0.3 is 0 Å². The van der Waals surface area contributed by atoms with Gasteiger partial charge in [-0.3, -0.25) is 4.79 Å². The molecule has 6 heteroatoms. The van der Waals surface area contributed by atoms with Crippen LogP contribution >= 0.6 is 11.6 Å². The number of carbonyl (C=O) groups is 1. The smallest absolute Gasteiger partial charge is 0.271 e. The van der Waals surface area contributed by atoms with Crippen molar-refractivity contribution in [1.29, 1.82) is 0 Å². The van der Waals surface area contributed by atoms with Crippen molar-refractivity contribution in [1.82, 2.24) is 5.43 Å². The lowest BCUT2D eigenvalue weighted by Gasteiger charge is -2.14. The summed E-state index contributed by atoms with van der Waals surface area (Å²) >= 11 is 5.84. The van der Waals surface area contributed by atoms with E-state index in [1.165, 1.54) is 23.8 Å². The fourth-order valence-corrected chi connectivity index (χ4v) is 3.50. The topological polar surface area (TPSA) is 70.9 Å². The van der Waals surface area contributed by atoms with E-state index in [0.717, 1.165) is 28.0 Å². The zero-order chi connectivity index (χ0) is 23.3. The van der Waals surface area contributed by atoms with Gasteiger partial charge in [-0.1, -0.05) is 49.7 Å². The van der Waals surface area contributed by atoms with Crippen LogP contribution in [0.1, 0.15) is 57.9 Å². The molecule has 2 N–H and O–H groups in total. The van der Waals surface area contributed by atoms with Crippen LogP contribution in [0, 0.1) is 13.8 Å². The van der Waals surface area contributed by atoms with Gasteiger partial charge in [0.2, 0.25) is 0 Å². The van der Waals surface area contributed by atoms with Crippen LogP contribution in [0.5, 0.6) is 11.5 Å². The maximum atomic E-state index is 12.2. The Morgan fingerprint density at radius 3 is 2.34 bits per heavy atom. The number of rotatable bonds is 7. The van der Waals surface area contributed by atoms with Gasteiger partial charge in [0, 0.05) is 5.56 Å². The van der Waals surface area contributed by atoms with Crippen molar-refractivity contribution >= 4 is 23.7 Å². The van der Waals surface area contributed by atoms with E-state index < -0.39 is 5.91 Å². The van der Waals surface area contributed by atoms with Gasteiger partial charge in [-0.05, 0) is 77.9 Å². The molecule has 0 fully saturated rings. The standard InChI is InChI=1S/C26H27ClN2O3/c1-16(2)21-7-5-19(6-8-21)15-32-25-17(3)11-20(12-18(25)4)14-28-29-26(31)22-9-10-24(30)23(27)13-22/h5-14,16,30H,15H2,1-4H3,(H,29,31). The molecule has 0 heterocycles. The highest BCUT2D eigenvalue weighted by Gasteiger charge is 2.09. The number of amides is 1. The van der Waals surface area contributed by atoms with Crippen molar-refractivity contribution in [2.24, 2.45) is 5.10 Å². The van der Waals surface area contributed by atoms with Gasteiger partial charge in [-0.25, -0.2) is 5.43 Å². The summed E-state index contributed by atoms with van der Waals surface area (Å²) in [5.74, 6) is 0.859. The molecular weight excluding hydrogens is 424 g/mol. The van der Waals surface area contributed by atoms with Crippen molar-refractivity contribution in [3.05, 3.63) is 93.0 Å². The van der Waals surface area contributed by atoms with Crippen molar-refractivity contribution < 1.29 is 14.6 Å². The van der Waals surface area contributed by atoms with Crippen LogP contribution in [-0.4, -0.2) is 17.2 Å². The summed E-state index contributed by atoms with van der Waals surface area (Å²) in [4.78, 5) is 12.2. The van der Waals surface area contributed by atoms with Crippen molar-refractivity contribution in [2.75, 3.05) is 0 Å². The first-order chi connectivity index (χ1) is 15.2. The van der Waals surface area contributed by atoms with Gasteiger partial charge in [0.05, 0.1) is 11.2 Å². The zero-order valence-electron chi connectivity index (χ0n) is 18.6. The number of aromatic hydroxyl groups is 1. The number of carbonyl (C=O) groups excluding carboxylic acids is 1. The number of nitrogens with zero attached hydrogens (tertiary/aromatic N) is 1. The first kappa shape index (κ1) is 23.4. The van der Waals surface area contributed by atoms with Crippen LogP contribution in [0.3, 0.4) is 0 Å². The molecule has 0 spiro atoms. The number of halogens is 1. The SMILES string of the molecule is Cc1cc(C=NNC(=O)c2ccc(O)c(Cl)c2)cc(C)c1OCc1ccc(C(C)C)cc1. The molecule has 5 nitrogen and oxygen atoms in total. The van der Waals surface area contributed by atoms with Crippen LogP contribution in [-0.2, 0) is 6.61 Å². The molecule has 3 aromatic carbocycles. The largest absolute Gasteiger partial charge is 0.506 e. The van der Waals surface area contributed by atoms with Gasteiger partial charge in [-0.15, -0.1) is 0 Å². The second-order valence-corrected chi connectivity index (χ2v) is 8.44. The fourth-order valence-electron chi connectivity index (χ4n) is 3.32. The monoisotopic (exact) mass is 450 g/mol. The van der Waals surface area contributed by atoms with Gasteiger partial charge in [0.15, 0.2) is 0 Å². The van der Waals surface area contributed by atoms with Gasteiger partial charge in [0.1, 0.15) is 18.1 Å². The third kappa shape index (κ3) is 5.89. The quantitative estimate of drug-likeness (QED) is 0.336. The summed E-state index contributed by atoms with van der Waals surface area (Å²) in [6, 6.07) is 16.6. The zero-order valence-corrected chi connectivity index (χ0v) is 19.4. The van der Waals surface area contributed by atoms with Crippen molar-refractivity contribution in [3.63, 3.8) is 0 Å². The Labute approximate surface area is 193 Å². The van der Waals surface area contributed by atoms with Gasteiger partial charge in [-0.2, -0.15) is 5.10 Å². The number of aryl methyl sites for hydroxylation is 2. The van der Waals surface area contributed by atoms with E-state index in [1.807, 2.05) is 26.0 Å². The third-order valence-corrected chi connectivity index (χ3v) is 5.40. The van der Waals surface area contributed by atoms with E-state index in [2.05, 4.69) is 48.6 Å². The van der Waals surface area contributed by atoms with Gasteiger partial charge < -0.3 is 9.84 Å². The van der Waals surface area contributed by atoms with Crippen molar-refractivity contribution in [3.8, 4) is 11.5 Å². The molecule has 0 aliphatic heterocycles. The average molecular weight is 451 g/mol. The van der Waals surface area contributed by atoms with Crippen LogP contribution in [0.2, 0.25) is 5.02 Å². The molecule has 0 aliphatic rings. The second kappa shape index (κ2) is 10.3. The summed E-state index contributed by atoms with van der Waals surface area (Å²) in [7, 11) is 0. The Balaban J connectivity index is 1.63. The summed E-state index contributed by atoms with van der Waals surface area (Å²) in [6.07, 6.45) is 1.58. The summed E-state index contributed by atoms with van der Waals surface area (Å²) in [6.45, 7) is 8.82. The number of phenolic OH excluding ortho intramolecular Hbond substituents is 1. The number of hydrazone groups is 1.